The van der Waals surface area contributed by atoms with Crippen molar-refractivity contribution < 1.29 is 9.90 Å². The zero-order chi connectivity index (χ0) is 13.8. The van der Waals surface area contributed by atoms with E-state index in [4.69, 9.17) is 5.11 Å². The first-order valence-corrected chi connectivity index (χ1v) is 6.85. The minimum Gasteiger partial charge on any atom is -0.481 e. The first-order valence-electron chi connectivity index (χ1n) is 6.85. The molecule has 0 unspecified atom stereocenters. The Hall–Kier alpha value is -1.72. The Kier molecular flexibility index (Phi) is 4.29. The molecular formula is C13H20N4O2. The summed E-state index contributed by atoms with van der Waals surface area (Å²) >= 11 is 0. The fourth-order valence-corrected chi connectivity index (χ4v) is 2.39. The molecule has 2 heterocycles. The molecule has 1 saturated heterocycles. The number of nitrogens with zero attached hydrogens (tertiary/aromatic N) is 4. The molecule has 6 heteroatoms. The third kappa shape index (κ3) is 3.00. The van der Waals surface area contributed by atoms with Gasteiger partial charge in [0.05, 0.1) is 17.3 Å². The molecule has 1 aliphatic rings. The number of carboxylic acid groups (broad SMARTS) is 1. The number of rotatable bonds is 4. The molecule has 0 aromatic carbocycles. The smallest absolute Gasteiger partial charge is 0.306 e. The third-order valence-electron chi connectivity index (χ3n) is 3.63. The molecule has 0 bridgehead atoms. The first-order chi connectivity index (χ1) is 9.15. The van der Waals surface area contributed by atoms with E-state index in [1.165, 1.54) is 0 Å². The monoisotopic (exact) mass is 264 g/mol. The van der Waals surface area contributed by atoms with Crippen molar-refractivity contribution in [1.29, 1.82) is 0 Å². The van der Waals surface area contributed by atoms with Gasteiger partial charge in [-0.15, -0.1) is 5.10 Å². The van der Waals surface area contributed by atoms with Crippen molar-refractivity contribution in [3.05, 3.63) is 11.4 Å². The molecule has 1 N–H and O–H groups in total. The van der Waals surface area contributed by atoms with Crippen molar-refractivity contribution in [2.45, 2.75) is 39.5 Å². The highest BCUT2D eigenvalue weighted by atomic mass is 16.4. The lowest BCUT2D eigenvalue weighted by molar-refractivity contribution is -0.142. The van der Waals surface area contributed by atoms with Crippen molar-refractivity contribution in [1.82, 2.24) is 15.2 Å². The molecular weight excluding hydrogens is 244 g/mol. The van der Waals surface area contributed by atoms with Crippen LogP contribution in [0, 0.1) is 5.92 Å². The first kappa shape index (κ1) is 13.7. The fourth-order valence-electron chi connectivity index (χ4n) is 2.39. The van der Waals surface area contributed by atoms with Crippen molar-refractivity contribution in [2.75, 3.05) is 18.0 Å². The van der Waals surface area contributed by atoms with Gasteiger partial charge in [0, 0.05) is 13.1 Å². The van der Waals surface area contributed by atoms with Crippen LogP contribution in [0.5, 0.6) is 0 Å². The molecule has 0 aliphatic carbocycles. The molecule has 0 amide bonds. The SMILES string of the molecule is CCc1nnc(N2CCC(C(=O)O)CC2)nc1CC. The lowest BCUT2D eigenvalue weighted by Crippen LogP contribution is -2.37. The number of aromatic nitrogens is 3. The van der Waals surface area contributed by atoms with Gasteiger partial charge in [-0.2, -0.15) is 5.10 Å². The van der Waals surface area contributed by atoms with E-state index in [9.17, 15) is 4.79 Å². The Bertz CT molecular complexity index is 456. The van der Waals surface area contributed by atoms with Crippen molar-refractivity contribution in [2.24, 2.45) is 5.92 Å². The molecule has 0 atom stereocenters. The van der Waals surface area contributed by atoms with Crippen molar-refractivity contribution in [3.63, 3.8) is 0 Å². The highest BCUT2D eigenvalue weighted by molar-refractivity contribution is 5.70. The topological polar surface area (TPSA) is 79.2 Å². The Morgan fingerprint density at radius 3 is 2.37 bits per heavy atom. The quantitative estimate of drug-likeness (QED) is 0.883. The predicted molar refractivity (Wildman–Crippen MR) is 71.2 cm³/mol. The van der Waals surface area contributed by atoms with E-state index in [0.717, 1.165) is 24.2 Å². The van der Waals surface area contributed by atoms with Crippen LogP contribution in [0.25, 0.3) is 0 Å². The number of hydrogen-bond acceptors (Lipinski definition) is 5. The van der Waals surface area contributed by atoms with Crippen molar-refractivity contribution >= 4 is 11.9 Å². The number of aliphatic carboxylic acids is 1. The van der Waals surface area contributed by atoms with Gasteiger partial charge in [-0.3, -0.25) is 4.79 Å². The number of hydrogen-bond donors (Lipinski definition) is 1. The average molecular weight is 264 g/mol. The second-order valence-electron chi connectivity index (χ2n) is 4.81. The van der Waals surface area contributed by atoms with Crippen LogP contribution in [0.3, 0.4) is 0 Å². The number of aryl methyl sites for hydroxylation is 2. The molecule has 0 spiro atoms. The summed E-state index contributed by atoms with van der Waals surface area (Å²) in [6.45, 7) is 5.48. The van der Waals surface area contributed by atoms with Crippen molar-refractivity contribution in [3.8, 4) is 0 Å². The Labute approximate surface area is 112 Å². The van der Waals surface area contributed by atoms with E-state index < -0.39 is 5.97 Å². The van der Waals surface area contributed by atoms with Crippen LogP contribution in [-0.2, 0) is 17.6 Å². The van der Waals surface area contributed by atoms with Gasteiger partial charge in [0.15, 0.2) is 0 Å². The van der Waals surface area contributed by atoms with Crippen LogP contribution in [0.4, 0.5) is 5.95 Å². The van der Waals surface area contributed by atoms with Gasteiger partial charge >= 0.3 is 5.97 Å². The minimum absolute atomic E-state index is 0.232. The van der Waals surface area contributed by atoms with Gasteiger partial charge in [0.25, 0.3) is 0 Å². The molecule has 19 heavy (non-hydrogen) atoms. The van der Waals surface area contributed by atoms with E-state index in [1.807, 2.05) is 11.8 Å². The Morgan fingerprint density at radius 2 is 1.84 bits per heavy atom. The minimum atomic E-state index is -0.700. The van der Waals surface area contributed by atoms with E-state index >= 15 is 0 Å². The third-order valence-corrected chi connectivity index (χ3v) is 3.63. The molecule has 1 aromatic rings. The number of piperidine rings is 1. The maximum absolute atomic E-state index is 10.9. The van der Waals surface area contributed by atoms with E-state index in [0.29, 0.717) is 31.9 Å². The predicted octanol–water partition coefficient (Wildman–Crippen LogP) is 1.30. The molecule has 1 aliphatic heterocycles. The average Bonchev–Trinajstić information content (AvgIpc) is 2.46. The molecule has 2 rings (SSSR count). The highest BCUT2D eigenvalue weighted by Gasteiger charge is 2.26. The molecule has 0 radical (unpaired) electrons. The zero-order valence-electron chi connectivity index (χ0n) is 11.5. The van der Waals surface area contributed by atoms with E-state index in [2.05, 4.69) is 22.1 Å². The Balaban J connectivity index is 2.09. The van der Waals surface area contributed by atoms with Crippen LogP contribution in [0.2, 0.25) is 0 Å². The summed E-state index contributed by atoms with van der Waals surface area (Å²) in [4.78, 5) is 17.5. The second kappa shape index (κ2) is 5.95. The molecule has 0 saturated carbocycles. The van der Waals surface area contributed by atoms with Crippen LogP contribution in [0.1, 0.15) is 38.1 Å². The van der Waals surface area contributed by atoms with E-state index in [1.54, 1.807) is 0 Å². The summed E-state index contributed by atoms with van der Waals surface area (Å²) in [5.41, 5.74) is 1.94. The lowest BCUT2D eigenvalue weighted by atomic mass is 9.97. The van der Waals surface area contributed by atoms with Crippen LogP contribution >= 0.6 is 0 Å². The van der Waals surface area contributed by atoms with Gasteiger partial charge in [0.2, 0.25) is 5.95 Å². The summed E-state index contributed by atoms with van der Waals surface area (Å²) in [5.74, 6) is -0.295. The van der Waals surface area contributed by atoms with Gasteiger partial charge in [-0.25, -0.2) is 4.98 Å². The number of carbonyl (C=O) groups is 1. The molecule has 104 valence electrons. The van der Waals surface area contributed by atoms with Gasteiger partial charge in [0.1, 0.15) is 0 Å². The van der Waals surface area contributed by atoms with Crippen LogP contribution < -0.4 is 4.90 Å². The molecule has 1 fully saturated rings. The number of anilines is 1. The lowest BCUT2D eigenvalue weighted by Gasteiger charge is -2.30. The summed E-state index contributed by atoms with van der Waals surface area (Å²) in [6, 6.07) is 0. The standard InChI is InChI=1S/C13H20N4O2/c1-3-10-11(4-2)15-16-13(14-10)17-7-5-9(6-8-17)12(18)19/h9H,3-8H2,1-2H3,(H,18,19). The summed E-state index contributed by atoms with van der Waals surface area (Å²) in [6.07, 6.45) is 2.98. The molecule has 1 aromatic heterocycles. The summed E-state index contributed by atoms with van der Waals surface area (Å²) in [5, 5.41) is 17.4. The largest absolute Gasteiger partial charge is 0.481 e. The second-order valence-corrected chi connectivity index (χ2v) is 4.81. The van der Waals surface area contributed by atoms with Gasteiger partial charge in [-0.1, -0.05) is 13.8 Å². The maximum Gasteiger partial charge on any atom is 0.306 e. The van der Waals surface area contributed by atoms with Crippen LogP contribution in [-0.4, -0.2) is 39.3 Å². The summed E-state index contributed by atoms with van der Waals surface area (Å²) < 4.78 is 0. The van der Waals surface area contributed by atoms with Gasteiger partial charge < -0.3 is 10.0 Å². The Morgan fingerprint density at radius 1 is 1.21 bits per heavy atom. The fraction of sp³-hybridized carbons (Fsp3) is 0.692. The molecule has 6 nitrogen and oxygen atoms in total. The number of carboxylic acids is 1. The van der Waals surface area contributed by atoms with E-state index in [-0.39, 0.29) is 5.92 Å². The maximum atomic E-state index is 10.9. The highest BCUT2D eigenvalue weighted by Crippen LogP contribution is 2.21. The van der Waals surface area contributed by atoms with Crippen LogP contribution in [0.15, 0.2) is 0 Å². The normalized spacial score (nSPS) is 16.6. The zero-order valence-corrected chi connectivity index (χ0v) is 11.5. The summed E-state index contributed by atoms with van der Waals surface area (Å²) in [7, 11) is 0. The van der Waals surface area contributed by atoms with Gasteiger partial charge in [-0.05, 0) is 25.7 Å².